The molecule has 0 heterocycles. The van der Waals surface area contributed by atoms with Crippen LogP contribution in [0.2, 0.25) is 0 Å². The van der Waals surface area contributed by atoms with E-state index in [-0.39, 0.29) is 25.2 Å². The van der Waals surface area contributed by atoms with Gasteiger partial charge in [-0.05, 0) is 44.9 Å². The van der Waals surface area contributed by atoms with Crippen LogP contribution in [0.15, 0.2) is 24.3 Å². The van der Waals surface area contributed by atoms with Gasteiger partial charge in [-0.15, -0.1) is 0 Å². The van der Waals surface area contributed by atoms with E-state index in [2.05, 4.69) is 38.2 Å². The molecule has 1 unspecified atom stereocenters. The van der Waals surface area contributed by atoms with Gasteiger partial charge in [0.05, 0.1) is 6.61 Å². The van der Waals surface area contributed by atoms with Gasteiger partial charge in [0.25, 0.3) is 0 Å². The smallest absolute Gasteiger partial charge is 0.306 e. The van der Waals surface area contributed by atoms with E-state index in [9.17, 15) is 14.7 Å². The molecule has 0 saturated carbocycles. The highest BCUT2D eigenvalue weighted by molar-refractivity contribution is 5.70. The predicted molar refractivity (Wildman–Crippen MR) is 228 cm³/mol. The van der Waals surface area contributed by atoms with Crippen molar-refractivity contribution >= 4 is 11.9 Å². The molecule has 0 fully saturated rings. The highest BCUT2D eigenvalue weighted by Gasteiger charge is 2.16. The summed E-state index contributed by atoms with van der Waals surface area (Å²) in [4.78, 5) is 24.4. The lowest BCUT2D eigenvalue weighted by atomic mass is 10.0. The third kappa shape index (κ3) is 43.0. The summed E-state index contributed by atoms with van der Waals surface area (Å²) in [6, 6.07) is 0. The Kier molecular flexibility index (Phi) is 43.4. The molecule has 53 heavy (non-hydrogen) atoms. The standard InChI is InChI=1S/C48H90O5/c1-3-5-7-9-11-13-15-17-19-21-22-23-24-25-27-28-30-32-34-36-38-40-42-47(50)52-45-46(44-49)53-48(51)43-41-39-37-35-33-31-29-26-20-18-16-14-12-10-8-6-4-2/h12,14,18,20,46,49H,3-11,13,15-17,19,21-45H2,1-2H3/b14-12-,20-18-. The molecule has 5 heteroatoms. The van der Waals surface area contributed by atoms with Gasteiger partial charge in [0.1, 0.15) is 6.61 Å². The number of carbonyl (C=O) groups is 2. The highest BCUT2D eigenvalue weighted by atomic mass is 16.6. The third-order valence-corrected chi connectivity index (χ3v) is 10.5. The molecule has 0 spiro atoms. The van der Waals surface area contributed by atoms with Crippen LogP contribution < -0.4 is 0 Å². The van der Waals surface area contributed by atoms with Crippen molar-refractivity contribution in [3.63, 3.8) is 0 Å². The van der Waals surface area contributed by atoms with Gasteiger partial charge >= 0.3 is 11.9 Å². The van der Waals surface area contributed by atoms with Crippen LogP contribution >= 0.6 is 0 Å². The molecular weight excluding hydrogens is 657 g/mol. The molecule has 1 N–H and O–H groups in total. The molecular formula is C48H90O5. The van der Waals surface area contributed by atoms with Gasteiger partial charge in [-0.25, -0.2) is 0 Å². The number of esters is 2. The molecule has 312 valence electrons. The van der Waals surface area contributed by atoms with E-state index in [1.54, 1.807) is 0 Å². The summed E-state index contributed by atoms with van der Waals surface area (Å²) in [6.07, 6.45) is 54.0. The third-order valence-electron chi connectivity index (χ3n) is 10.5. The van der Waals surface area contributed by atoms with Crippen molar-refractivity contribution in [2.75, 3.05) is 13.2 Å². The molecule has 0 aliphatic rings. The highest BCUT2D eigenvalue weighted by Crippen LogP contribution is 2.16. The van der Waals surface area contributed by atoms with E-state index < -0.39 is 6.10 Å². The normalized spacial score (nSPS) is 12.3. The molecule has 0 aliphatic carbocycles. The van der Waals surface area contributed by atoms with Crippen molar-refractivity contribution in [1.29, 1.82) is 0 Å². The number of allylic oxidation sites excluding steroid dienone is 4. The molecule has 1 atom stereocenters. The van der Waals surface area contributed by atoms with E-state index in [4.69, 9.17) is 9.47 Å². The minimum absolute atomic E-state index is 0.0642. The van der Waals surface area contributed by atoms with Crippen LogP contribution in [-0.2, 0) is 19.1 Å². The Bertz CT molecular complexity index is 806. The van der Waals surface area contributed by atoms with E-state index in [0.717, 1.165) is 51.4 Å². The summed E-state index contributed by atoms with van der Waals surface area (Å²) in [5.74, 6) is -0.587. The van der Waals surface area contributed by atoms with Crippen molar-refractivity contribution in [3.05, 3.63) is 24.3 Å². The lowest BCUT2D eigenvalue weighted by molar-refractivity contribution is -0.161. The van der Waals surface area contributed by atoms with Crippen LogP contribution in [0.1, 0.15) is 251 Å². The second-order valence-electron chi connectivity index (χ2n) is 15.8. The zero-order valence-corrected chi connectivity index (χ0v) is 35.5. The number of unbranched alkanes of at least 4 members (excludes halogenated alkanes) is 31. The van der Waals surface area contributed by atoms with Crippen LogP contribution in [-0.4, -0.2) is 36.4 Å². The Hall–Kier alpha value is -1.62. The van der Waals surface area contributed by atoms with Crippen molar-refractivity contribution < 1.29 is 24.2 Å². The van der Waals surface area contributed by atoms with Crippen molar-refractivity contribution in [2.45, 2.75) is 258 Å². The van der Waals surface area contributed by atoms with Crippen LogP contribution in [0.5, 0.6) is 0 Å². The second-order valence-corrected chi connectivity index (χ2v) is 15.8. The second kappa shape index (κ2) is 44.8. The Morgan fingerprint density at radius 3 is 1.15 bits per heavy atom. The zero-order chi connectivity index (χ0) is 38.6. The average molecular weight is 747 g/mol. The van der Waals surface area contributed by atoms with Gasteiger partial charge in [0.2, 0.25) is 0 Å². The van der Waals surface area contributed by atoms with E-state index in [1.165, 1.54) is 173 Å². The van der Waals surface area contributed by atoms with Crippen LogP contribution in [0, 0.1) is 0 Å². The van der Waals surface area contributed by atoms with Crippen LogP contribution in [0.3, 0.4) is 0 Å². The van der Waals surface area contributed by atoms with Crippen LogP contribution in [0.4, 0.5) is 0 Å². The minimum Gasteiger partial charge on any atom is -0.462 e. The Morgan fingerprint density at radius 2 is 0.755 bits per heavy atom. The molecule has 0 aromatic rings. The topological polar surface area (TPSA) is 72.8 Å². The first kappa shape index (κ1) is 51.4. The summed E-state index contributed by atoms with van der Waals surface area (Å²) < 4.78 is 10.7. The fourth-order valence-electron chi connectivity index (χ4n) is 6.94. The Labute approximate surface area is 330 Å². The van der Waals surface area contributed by atoms with Gasteiger partial charge in [-0.3, -0.25) is 9.59 Å². The maximum atomic E-state index is 12.2. The molecule has 0 aliphatic heterocycles. The van der Waals surface area contributed by atoms with Crippen LogP contribution in [0.25, 0.3) is 0 Å². The van der Waals surface area contributed by atoms with Gasteiger partial charge in [-0.2, -0.15) is 0 Å². The number of hydrogen-bond acceptors (Lipinski definition) is 5. The molecule has 0 aromatic heterocycles. The fourth-order valence-corrected chi connectivity index (χ4v) is 6.94. The Morgan fingerprint density at radius 1 is 0.434 bits per heavy atom. The van der Waals surface area contributed by atoms with Gasteiger partial charge in [0, 0.05) is 12.8 Å². The van der Waals surface area contributed by atoms with Crippen molar-refractivity contribution in [1.82, 2.24) is 0 Å². The van der Waals surface area contributed by atoms with Gasteiger partial charge < -0.3 is 14.6 Å². The maximum absolute atomic E-state index is 12.2. The Balaban J connectivity index is 3.47. The van der Waals surface area contributed by atoms with Gasteiger partial charge in [-0.1, -0.05) is 218 Å². The average Bonchev–Trinajstić information content (AvgIpc) is 3.16. The van der Waals surface area contributed by atoms with Crippen molar-refractivity contribution in [3.8, 4) is 0 Å². The number of ether oxygens (including phenoxy) is 2. The molecule has 0 aromatic carbocycles. The number of rotatable bonds is 43. The monoisotopic (exact) mass is 747 g/mol. The summed E-state index contributed by atoms with van der Waals surface area (Å²) in [7, 11) is 0. The summed E-state index contributed by atoms with van der Waals surface area (Å²) in [6.45, 7) is 4.14. The molecule has 5 nitrogen and oxygen atoms in total. The molecule has 0 rings (SSSR count). The quantitative estimate of drug-likeness (QED) is 0.0382. The summed E-state index contributed by atoms with van der Waals surface area (Å²) in [5.41, 5.74) is 0. The van der Waals surface area contributed by atoms with E-state index in [0.29, 0.717) is 12.8 Å². The minimum atomic E-state index is -0.771. The van der Waals surface area contributed by atoms with Gasteiger partial charge in [0.15, 0.2) is 6.10 Å². The van der Waals surface area contributed by atoms with E-state index >= 15 is 0 Å². The maximum Gasteiger partial charge on any atom is 0.306 e. The molecule has 0 radical (unpaired) electrons. The lowest BCUT2D eigenvalue weighted by Crippen LogP contribution is -2.28. The first-order valence-corrected chi connectivity index (χ1v) is 23.4. The van der Waals surface area contributed by atoms with Crippen molar-refractivity contribution in [2.24, 2.45) is 0 Å². The number of aliphatic hydroxyl groups excluding tert-OH is 1. The number of hydrogen-bond donors (Lipinski definition) is 1. The molecule has 0 amide bonds. The largest absolute Gasteiger partial charge is 0.462 e. The fraction of sp³-hybridized carbons (Fsp3) is 0.875. The SMILES string of the molecule is CCCCC/C=C\C/C=C\CCCCCCCCCC(=O)OC(CO)COC(=O)CCCCCCCCCCCCCCCCCCCCCCCC. The molecule has 0 saturated heterocycles. The molecule has 0 bridgehead atoms. The zero-order valence-electron chi connectivity index (χ0n) is 35.5. The van der Waals surface area contributed by atoms with E-state index in [1.807, 2.05) is 0 Å². The predicted octanol–water partition coefficient (Wildman–Crippen LogP) is 15.0. The lowest BCUT2D eigenvalue weighted by Gasteiger charge is -2.15. The summed E-state index contributed by atoms with van der Waals surface area (Å²) >= 11 is 0. The summed E-state index contributed by atoms with van der Waals surface area (Å²) in [5, 5.41) is 9.59. The first-order valence-electron chi connectivity index (χ1n) is 23.4. The number of carbonyl (C=O) groups excluding carboxylic acids is 2. The first-order chi connectivity index (χ1) is 26.1. The number of aliphatic hydroxyl groups is 1.